The van der Waals surface area contributed by atoms with Crippen molar-refractivity contribution in [2.45, 2.75) is 0 Å². The van der Waals surface area contributed by atoms with E-state index in [4.69, 9.17) is 14.4 Å². The molecule has 0 unspecified atom stereocenters. The van der Waals surface area contributed by atoms with Gasteiger partial charge in [-0.3, -0.25) is 17.9 Å². The minimum atomic E-state index is 0.834. The molecule has 0 aliphatic heterocycles. The zero-order valence-corrected chi connectivity index (χ0v) is 30.8. The van der Waals surface area contributed by atoms with Crippen molar-refractivity contribution in [3.63, 3.8) is 0 Å². The summed E-state index contributed by atoms with van der Waals surface area (Å²) in [5, 5.41) is 4.45. The molecular formula is C50H29N7O. The molecule has 270 valence electrons. The van der Waals surface area contributed by atoms with Crippen LogP contribution < -0.4 is 0 Å². The van der Waals surface area contributed by atoms with Gasteiger partial charge in [-0.2, -0.15) is 0 Å². The van der Waals surface area contributed by atoms with Gasteiger partial charge in [0.15, 0.2) is 0 Å². The van der Waals surface area contributed by atoms with E-state index < -0.39 is 0 Å². The molecule has 6 heterocycles. The Labute approximate surface area is 328 Å². The van der Waals surface area contributed by atoms with Crippen molar-refractivity contribution in [2.24, 2.45) is 0 Å². The average molecular weight is 744 g/mol. The van der Waals surface area contributed by atoms with Crippen LogP contribution in [0.3, 0.4) is 0 Å². The molecule has 6 aromatic heterocycles. The van der Waals surface area contributed by atoms with Crippen molar-refractivity contribution in [3.05, 3.63) is 176 Å². The fourth-order valence-electron chi connectivity index (χ4n) is 9.69. The second-order valence-electron chi connectivity index (χ2n) is 15.1. The van der Waals surface area contributed by atoms with Crippen LogP contribution in [0.25, 0.3) is 116 Å². The number of fused-ring (bicyclic) bond motifs is 16. The van der Waals surface area contributed by atoms with Crippen LogP contribution in [0.4, 0.5) is 0 Å². The molecule has 8 aromatic carbocycles. The lowest BCUT2D eigenvalue weighted by molar-refractivity contribution is 0.669. The molecule has 8 heteroatoms. The van der Waals surface area contributed by atoms with Crippen LogP contribution in [0.15, 0.2) is 180 Å². The zero-order chi connectivity index (χ0) is 37.6. The summed E-state index contributed by atoms with van der Waals surface area (Å²) in [5.41, 5.74) is 15.7. The first kappa shape index (κ1) is 30.2. The van der Waals surface area contributed by atoms with E-state index in [-0.39, 0.29) is 0 Å². The molecule has 0 spiro atoms. The molecule has 0 bridgehead atoms. The number of nitrogens with zero attached hydrogens (tertiary/aromatic N) is 7. The summed E-state index contributed by atoms with van der Waals surface area (Å²) in [6.45, 7) is 0. The van der Waals surface area contributed by atoms with E-state index in [1.54, 1.807) is 0 Å². The highest BCUT2D eigenvalue weighted by Gasteiger charge is 2.23. The second kappa shape index (κ2) is 10.8. The normalized spacial score (nSPS) is 12.5. The van der Waals surface area contributed by atoms with Gasteiger partial charge in [-0.1, -0.05) is 72.8 Å². The molecule has 0 radical (unpaired) electrons. The lowest BCUT2D eigenvalue weighted by atomic mass is 10.1. The Morgan fingerprint density at radius 1 is 0.345 bits per heavy atom. The van der Waals surface area contributed by atoms with E-state index in [0.717, 1.165) is 106 Å². The average Bonchev–Trinajstić information content (AvgIpc) is 4.11. The Hall–Kier alpha value is -8.10. The van der Waals surface area contributed by atoms with Crippen LogP contribution >= 0.6 is 0 Å². The maximum atomic E-state index is 6.61. The van der Waals surface area contributed by atoms with Gasteiger partial charge in [0.2, 0.25) is 11.6 Å². The molecule has 0 aliphatic carbocycles. The first-order valence-corrected chi connectivity index (χ1v) is 19.5. The van der Waals surface area contributed by atoms with Crippen LogP contribution in [0.5, 0.6) is 0 Å². The SMILES string of the molecule is c1ccc2c(c1)nc1n(-c3ccc4c(c3)c3ccccc3n4-c3ccc4oc5cccc(-n6c7ccccc7n7c8ccccc8nc67)c5c4c3)c3ccccc3n21. The third-order valence-electron chi connectivity index (χ3n) is 12.1. The molecule has 0 aliphatic rings. The number of benzene rings is 8. The molecule has 14 rings (SSSR count). The van der Waals surface area contributed by atoms with Gasteiger partial charge < -0.3 is 8.98 Å². The number of furan rings is 1. The highest BCUT2D eigenvalue weighted by Crippen LogP contribution is 2.40. The number of rotatable bonds is 3. The molecule has 0 saturated carbocycles. The van der Waals surface area contributed by atoms with Crippen LogP contribution in [-0.2, 0) is 0 Å². The summed E-state index contributed by atoms with van der Waals surface area (Å²) in [6.07, 6.45) is 0. The number of aromatic nitrogens is 7. The highest BCUT2D eigenvalue weighted by atomic mass is 16.3. The number of hydrogen-bond acceptors (Lipinski definition) is 3. The van der Waals surface area contributed by atoms with E-state index in [0.29, 0.717) is 0 Å². The van der Waals surface area contributed by atoms with E-state index in [1.165, 1.54) is 10.8 Å². The van der Waals surface area contributed by atoms with Crippen LogP contribution in [0.2, 0.25) is 0 Å². The number of hydrogen-bond donors (Lipinski definition) is 0. The summed E-state index contributed by atoms with van der Waals surface area (Å²) in [5.74, 6) is 1.77. The van der Waals surface area contributed by atoms with Crippen molar-refractivity contribution in [1.82, 2.24) is 32.5 Å². The maximum Gasteiger partial charge on any atom is 0.220 e. The summed E-state index contributed by atoms with van der Waals surface area (Å²) < 4.78 is 18.1. The van der Waals surface area contributed by atoms with Gasteiger partial charge in [0.25, 0.3) is 0 Å². The minimum absolute atomic E-state index is 0.834. The maximum absolute atomic E-state index is 6.61. The fraction of sp³-hybridized carbons (Fsp3) is 0. The summed E-state index contributed by atoms with van der Waals surface area (Å²) in [4.78, 5) is 10.3. The van der Waals surface area contributed by atoms with E-state index in [1.807, 2.05) is 6.07 Å². The van der Waals surface area contributed by atoms with Gasteiger partial charge in [0, 0.05) is 27.5 Å². The Bertz CT molecular complexity index is 4050. The highest BCUT2D eigenvalue weighted by molar-refractivity contribution is 6.13. The lowest BCUT2D eigenvalue weighted by Gasteiger charge is -2.10. The van der Waals surface area contributed by atoms with Crippen LogP contribution in [-0.4, -0.2) is 32.5 Å². The van der Waals surface area contributed by atoms with Gasteiger partial charge in [-0.05, 0) is 103 Å². The predicted molar refractivity (Wildman–Crippen MR) is 234 cm³/mol. The number of para-hydroxylation sites is 9. The molecule has 0 saturated heterocycles. The lowest BCUT2D eigenvalue weighted by Crippen LogP contribution is -1.97. The molecule has 14 aromatic rings. The topological polar surface area (TPSA) is 62.5 Å². The standard InChI is InChI=1S/C50H29N7O/c1-4-15-37-32(12-1)33-28-31(54-41-18-7-8-19-42(41)55-39-16-5-2-13-35(39)51-49(54)55)24-26-38(33)53(37)30-25-27-46-34(29-30)48-45(22-11-23-47(48)58-46)57-44-21-10-9-20-43(44)56-40-17-6-3-14-36(40)52-50(56)57/h1-29H. The molecule has 0 atom stereocenters. The molecule has 0 amide bonds. The van der Waals surface area contributed by atoms with E-state index in [2.05, 4.69) is 192 Å². The fourth-order valence-corrected chi connectivity index (χ4v) is 9.69. The Morgan fingerprint density at radius 3 is 1.60 bits per heavy atom. The van der Waals surface area contributed by atoms with Crippen molar-refractivity contribution < 1.29 is 4.42 Å². The Kier molecular flexibility index (Phi) is 5.62. The largest absolute Gasteiger partial charge is 0.456 e. The van der Waals surface area contributed by atoms with Gasteiger partial charge in [-0.25, -0.2) is 9.97 Å². The molecule has 8 nitrogen and oxygen atoms in total. The molecule has 0 fully saturated rings. The van der Waals surface area contributed by atoms with Crippen LogP contribution in [0, 0.1) is 0 Å². The third kappa shape index (κ3) is 3.78. The first-order chi connectivity index (χ1) is 28.8. The molecule has 0 N–H and O–H groups in total. The third-order valence-corrected chi connectivity index (χ3v) is 12.1. The Morgan fingerprint density at radius 2 is 0.879 bits per heavy atom. The minimum Gasteiger partial charge on any atom is -0.456 e. The second-order valence-corrected chi connectivity index (χ2v) is 15.1. The van der Waals surface area contributed by atoms with E-state index >= 15 is 0 Å². The summed E-state index contributed by atoms with van der Waals surface area (Å²) >= 11 is 0. The Balaban J connectivity index is 1.01. The van der Waals surface area contributed by atoms with Crippen molar-refractivity contribution in [3.8, 4) is 17.1 Å². The van der Waals surface area contributed by atoms with Gasteiger partial charge in [0.1, 0.15) is 11.2 Å². The molecule has 58 heavy (non-hydrogen) atoms. The number of imidazole rings is 4. The van der Waals surface area contributed by atoms with Crippen molar-refractivity contribution >= 4 is 99.4 Å². The van der Waals surface area contributed by atoms with E-state index in [9.17, 15) is 0 Å². The van der Waals surface area contributed by atoms with Gasteiger partial charge >= 0.3 is 0 Å². The zero-order valence-electron chi connectivity index (χ0n) is 30.8. The quantitative estimate of drug-likeness (QED) is 0.181. The summed E-state index contributed by atoms with van der Waals surface area (Å²) in [6, 6.07) is 62.2. The molecular weight excluding hydrogens is 715 g/mol. The first-order valence-electron chi connectivity index (χ1n) is 19.5. The van der Waals surface area contributed by atoms with Gasteiger partial charge in [-0.15, -0.1) is 0 Å². The van der Waals surface area contributed by atoms with Crippen LogP contribution in [0.1, 0.15) is 0 Å². The monoisotopic (exact) mass is 743 g/mol. The van der Waals surface area contributed by atoms with Crippen molar-refractivity contribution in [1.29, 1.82) is 0 Å². The van der Waals surface area contributed by atoms with Gasteiger partial charge in [0.05, 0.1) is 66.2 Å². The van der Waals surface area contributed by atoms with Crippen molar-refractivity contribution in [2.75, 3.05) is 0 Å². The smallest absolute Gasteiger partial charge is 0.220 e. The predicted octanol–water partition coefficient (Wildman–Crippen LogP) is 12.2. The summed E-state index contributed by atoms with van der Waals surface area (Å²) in [7, 11) is 0.